The van der Waals surface area contributed by atoms with Crippen LogP contribution in [0.1, 0.15) is 25.3 Å². The zero-order valence-corrected chi connectivity index (χ0v) is 13.9. The van der Waals surface area contributed by atoms with Gasteiger partial charge in [0.05, 0.1) is 13.2 Å². The number of pyridine rings is 1. The van der Waals surface area contributed by atoms with Crippen LogP contribution in [0.5, 0.6) is 0 Å². The number of rotatable bonds is 8. The van der Waals surface area contributed by atoms with Gasteiger partial charge in [-0.1, -0.05) is 6.07 Å². The number of guanidine groups is 1. The van der Waals surface area contributed by atoms with Crippen molar-refractivity contribution in [1.82, 2.24) is 15.6 Å². The summed E-state index contributed by atoms with van der Waals surface area (Å²) in [5.41, 5.74) is 1.19. The average Bonchev–Trinajstić information content (AvgIpc) is 3.03. The normalized spacial score (nSPS) is 21.4. The molecule has 6 heteroatoms. The molecule has 0 aromatic carbocycles. The lowest BCUT2D eigenvalue weighted by Gasteiger charge is -2.24. The van der Waals surface area contributed by atoms with Gasteiger partial charge < -0.3 is 20.5 Å². The van der Waals surface area contributed by atoms with Gasteiger partial charge in [-0.3, -0.25) is 9.98 Å². The number of aliphatic hydroxyl groups excluding tert-OH is 1. The van der Waals surface area contributed by atoms with E-state index in [0.29, 0.717) is 13.2 Å². The van der Waals surface area contributed by atoms with Crippen molar-refractivity contribution in [3.05, 3.63) is 30.1 Å². The lowest BCUT2D eigenvalue weighted by atomic mass is 9.84. The summed E-state index contributed by atoms with van der Waals surface area (Å²) in [6.45, 7) is 6.00. The Morgan fingerprint density at radius 1 is 1.48 bits per heavy atom. The number of nitrogens with one attached hydrogen (secondary N) is 2. The zero-order valence-electron chi connectivity index (χ0n) is 13.9. The van der Waals surface area contributed by atoms with Crippen molar-refractivity contribution in [2.24, 2.45) is 10.4 Å². The summed E-state index contributed by atoms with van der Waals surface area (Å²) in [4.78, 5) is 8.83. The molecule has 0 aliphatic carbocycles. The van der Waals surface area contributed by atoms with E-state index in [4.69, 9.17) is 9.73 Å². The van der Waals surface area contributed by atoms with Gasteiger partial charge in [-0.25, -0.2) is 0 Å². The maximum Gasteiger partial charge on any atom is 0.191 e. The van der Waals surface area contributed by atoms with E-state index in [1.807, 2.05) is 12.3 Å². The minimum Gasteiger partial charge on any atom is -0.396 e. The third-order valence-electron chi connectivity index (χ3n) is 4.17. The first-order valence-corrected chi connectivity index (χ1v) is 8.38. The van der Waals surface area contributed by atoms with Gasteiger partial charge in [-0.15, -0.1) is 0 Å². The molecular weight excluding hydrogens is 292 g/mol. The molecule has 0 radical (unpaired) electrons. The highest BCUT2D eigenvalue weighted by Crippen LogP contribution is 2.32. The maximum atomic E-state index is 9.29. The lowest BCUT2D eigenvalue weighted by molar-refractivity contribution is 0.131. The van der Waals surface area contributed by atoms with Crippen LogP contribution in [0.2, 0.25) is 0 Å². The van der Waals surface area contributed by atoms with Crippen LogP contribution in [0, 0.1) is 5.41 Å². The van der Waals surface area contributed by atoms with Gasteiger partial charge in [0.25, 0.3) is 0 Å². The number of ether oxygens (including phenoxy) is 1. The Morgan fingerprint density at radius 3 is 3.04 bits per heavy atom. The van der Waals surface area contributed by atoms with Crippen LogP contribution in [0.15, 0.2) is 29.5 Å². The van der Waals surface area contributed by atoms with Crippen molar-refractivity contribution < 1.29 is 9.84 Å². The first-order valence-electron chi connectivity index (χ1n) is 8.38. The number of aliphatic hydroxyl groups is 1. The van der Waals surface area contributed by atoms with Gasteiger partial charge in [0.2, 0.25) is 0 Å². The molecule has 2 heterocycles. The second-order valence-corrected chi connectivity index (χ2v) is 6.01. The standard InChI is InChI=1S/C17H28N4O2/c1-2-19-16(20-9-5-15-4-3-8-18-12-15)21-13-17(6-10-22)7-11-23-14-17/h3-4,8,12,22H,2,5-7,9-11,13-14H2,1H3,(H2,19,20,21). The van der Waals surface area contributed by atoms with Gasteiger partial charge in [0.15, 0.2) is 5.96 Å². The van der Waals surface area contributed by atoms with Gasteiger partial charge in [0.1, 0.15) is 0 Å². The molecule has 1 aromatic heterocycles. The highest BCUT2D eigenvalue weighted by atomic mass is 16.5. The van der Waals surface area contributed by atoms with E-state index in [1.54, 1.807) is 6.20 Å². The molecule has 1 unspecified atom stereocenters. The fourth-order valence-corrected chi connectivity index (χ4v) is 2.75. The fraction of sp³-hybridized carbons (Fsp3) is 0.647. The molecule has 23 heavy (non-hydrogen) atoms. The van der Waals surface area contributed by atoms with Crippen LogP contribution in [-0.2, 0) is 11.2 Å². The van der Waals surface area contributed by atoms with E-state index >= 15 is 0 Å². The molecule has 1 aromatic rings. The summed E-state index contributed by atoms with van der Waals surface area (Å²) in [6.07, 6.45) is 6.28. The molecule has 0 spiro atoms. The minimum atomic E-state index is -0.0134. The largest absolute Gasteiger partial charge is 0.396 e. The third kappa shape index (κ3) is 5.80. The number of hydrogen-bond donors (Lipinski definition) is 3. The van der Waals surface area contributed by atoms with Crippen LogP contribution in [0.4, 0.5) is 0 Å². The highest BCUT2D eigenvalue weighted by molar-refractivity contribution is 5.79. The maximum absolute atomic E-state index is 9.29. The summed E-state index contributed by atoms with van der Waals surface area (Å²) in [5.74, 6) is 0.820. The van der Waals surface area contributed by atoms with Crippen LogP contribution in [0.3, 0.4) is 0 Å². The van der Waals surface area contributed by atoms with Gasteiger partial charge >= 0.3 is 0 Å². The molecule has 1 aliphatic rings. The Bertz CT molecular complexity index is 473. The summed E-state index contributed by atoms with van der Waals surface area (Å²) in [7, 11) is 0. The monoisotopic (exact) mass is 320 g/mol. The Kier molecular flexibility index (Phi) is 7.29. The molecule has 1 saturated heterocycles. The predicted molar refractivity (Wildman–Crippen MR) is 91.5 cm³/mol. The van der Waals surface area contributed by atoms with Crippen molar-refractivity contribution in [3.63, 3.8) is 0 Å². The van der Waals surface area contributed by atoms with Crippen molar-refractivity contribution >= 4 is 5.96 Å². The minimum absolute atomic E-state index is 0.0134. The summed E-state index contributed by atoms with van der Waals surface area (Å²) >= 11 is 0. The smallest absolute Gasteiger partial charge is 0.191 e. The molecule has 0 saturated carbocycles. The summed E-state index contributed by atoms with van der Waals surface area (Å²) in [6, 6.07) is 4.03. The van der Waals surface area contributed by atoms with Crippen molar-refractivity contribution in [2.45, 2.75) is 26.2 Å². The molecule has 128 valence electrons. The Balaban J connectivity index is 1.86. The van der Waals surface area contributed by atoms with E-state index in [1.165, 1.54) is 5.56 Å². The third-order valence-corrected chi connectivity index (χ3v) is 4.17. The average molecular weight is 320 g/mol. The Morgan fingerprint density at radius 2 is 2.39 bits per heavy atom. The van der Waals surface area contributed by atoms with Crippen molar-refractivity contribution in [2.75, 3.05) is 39.5 Å². The Hall–Kier alpha value is -1.66. The van der Waals surface area contributed by atoms with E-state index in [2.05, 4.69) is 28.6 Å². The van der Waals surface area contributed by atoms with Gasteiger partial charge in [-0.2, -0.15) is 0 Å². The molecule has 1 atom stereocenters. The van der Waals surface area contributed by atoms with Gasteiger partial charge in [-0.05, 0) is 37.8 Å². The second kappa shape index (κ2) is 9.47. The molecule has 6 nitrogen and oxygen atoms in total. The first kappa shape index (κ1) is 17.7. The van der Waals surface area contributed by atoms with Crippen LogP contribution >= 0.6 is 0 Å². The molecule has 2 rings (SSSR count). The quantitative estimate of drug-likeness (QED) is 0.491. The van der Waals surface area contributed by atoms with E-state index in [0.717, 1.165) is 44.9 Å². The van der Waals surface area contributed by atoms with Crippen molar-refractivity contribution in [3.8, 4) is 0 Å². The predicted octanol–water partition coefficient (Wildman–Crippen LogP) is 0.968. The van der Waals surface area contributed by atoms with E-state index < -0.39 is 0 Å². The van der Waals surface area contributed by atoms with Crippen LogP contribution < -0.4 is 10.6 Å². The SMILES string of the molecule is CCNC(=NCC1(CCO)CCOC1)NCCc1cccnc1. The number of hydrogen-bond acceptors (Lipinski definition) is 4. The molecule has 1 fully saturated rings. The molecule has 3 N–H and O–H groups in total. The number of aromatic nitrogens is 1. The van der Waals surface area contributed by atoms with Gasteiger partial charge in [0, 0.05) is 44.1 Å². The summed E-state index contributed by atoms with van der Waals surface area (Å²) < 4.78 is 5.52. The van der Waals surface area contributed by atoms with Crippen LogP contribution in [-0.4, -0.2) is 55.5 Å². The lowest BCUT2D eigenvalue weighted by Crippen LogP contribution is -2.39. The van der Waals surface area contributed by atoms with E-state index in [9.17, 15) is 5.11 Å². The first-order chi connectivity index (χ1) is 11.3. The highest BCUT2D eigenvalue weighted by Gasteiger charge is 2.34. The number of nitrogens with zero attached hydrogens (tertiary/aromatic N) is 2. The fourth-order valence-electron chi connectivity index (χ4n) is 2.75. The molecular formula is C17H28N4O2. The zero-order chi connectivity index (χ0) is 16.4. The topological polar surface area (TPSA) is 78.8 Å². The summed E-state index contributed by atoms with van der Waals surface area (Å²) in [5, 5.41) is 15.9. The van der Waals surface area contributed by atoms with E-state index in [-0.39, 0.29) is 12.0 Å². The van der Waals surface area contributed by atoms with Crippen molar-refractivity contribution in [1.29, 1.82) is 0 Å². The molecule has 0 amide bonds. The van der Waals surface area contributed by atoms with Crippen LogP contribution in [0.25, 0.3) is 0 Å². The number of aliphatic imine (C=N–C) groups is 1. The molecule has 1 aliphatic heterocycles. The Labute approximate surface area is 138 Å². The second-order valence-electron chi connectivity index (χ2n) is 6.01. The molecule has 0 bridgehead atoms.